The first-order valence-corrected chi connectivity index (χ1v) is 6.86. The van der Waals surface area contributed by atoms with Gasteiger partial charge in [0.25, 0.3) is 0 Å². The number of hydrogen-bond donors (Lipinski definition) is 2. The number of nitrogens with two attached hydrogens (primary N) is 1. The number of phenols is 1. The minimum absolute atomic E-state index is 0.0145. The summed E-state index contributed by atoms with van der Waals surface area (Å²) < 4.78 is 5.06. The summed E-state index contributed by atoms with van der Waals surface area (Å²) in [5.74, 6) is 1.09. The Kier molecular flexibility index (Phi) is 4.49. The number of phenolic OH excluding ortho intramolecular Hbond substituents is 1. The molecule has 0 bridgehead atoms. The molecule has 110 valence electrons. The third-order valence-electron chi connectivity index (χ3n) is 3.73. The van der Waals surface area contributed by atoms with Gasteiger partial charge >= 0.3 is 0 Å². The third kappa shape index (κ3) is 3.63. The van der Waals surface area contributed by atoms with Crippen molar-refractivity contribution < 1.29 is 14.6 Å². The summed E-state index contributed by atoms with van der Waals surface area (Å²) in [5.41, 5.74) is 6.89. The molecule has 0 heterocycles. The third-order valence-corrected chi connectivity index (χ3v) is 3.73. The maximum absolute atomic E-state index is 12.1. The van der Waals surface area contributed by atoms with E-state index in [1.807, 2.05) is 0 Å². The van der Waals surface area contributed by atoms with Crippen LogP contribution in [0.25, 0.3) is 0 Å². The number of carbonyl (C=O) groups is 1. The molecule has 1 amide bonds. The molecule has 1 atom stereocenters. The molecule has 0 saturated heterocycles. The van der Waals surface area contributed by atoms with E-state index in [4.69, 9.17) is 10.5 Å². The van der Waals surface area contributed by atoms with E-state index < -0.39 is 0 Å². The van der Waals surface area contributed by atoms with E-state index in [0.717, 1.165) is 18.4 Å². The number of ether oxygens (including phenoxy) is 1. The van der Waals surface area contributed by atoms with Gasteiger partial charge in [-0.15, -0.1) is 0 Å². The van der Waals surface area contributed by atoms with E-state index in [-0.39, 0.29) is 17.7 Å². The summed E-state index contributed by atoms with van der Waals surface area (Å²) in [6.07, 6.45) is 2.69. The highest BCUT2D eigenvalue weighted by atomic mass is 16.5. The Labute approximate surface area is 119 Å². The first-order valence-electron chi connectivity index (χ1n) is 6.86. The van der Waals surface area contributed by atoms with E-state index in [9.17, 15) is 9.90 Å². The van der Waals surface area contributed by atoms with E-state index >= 15 is 0 Å². The summed E-state index contributed by atoms with van der Waals surface area (Å²) in [7, 11) is 3.27. The molecule has 2 rings (SSSR count). The summed E-state index contributed by atoms with van der Waals surface area (Å²) in [4.78, 5) is 13.7. The largest absolute Gasteiger partial charge is 0.504 e. The van der Waals surface area contributed by atoms with Gasteiger partial charge in [-0.3, -0.25) is 4.79 Å². The Balaban J connectivity index is 1.92. The number of benzene rings is 1. The predicted molar refractivity (Wildman–Crippen MR) is 76.4 cm³/mol. The molecular formula is C15H22N2O3. The van der Waals surface area contributed by atoms with Crippen LogP contribution in [0.2, 0.25) is 0 Å². The topological polar surface area (TPSA) is 75.8 Å². The van der Waals surface area contributed by atoms with E-state index in [1.165, 1.54) is 7.11 Å². The molecule has 5 heteroatoms. The van der Waals surface area contributed by atoms with Crippen molar-refractivity contribution in [3.8, 4) is 11.5 Å². The van der Waals surface area contributed by atoms with Crippen LogP contribution in [0.3, 0.4) is 0 Å². The molecule has 0 aliphatic heterocycles. The van der Waals surface area contributed by atoms with Crippen LogP contribution in [-0.2, 0) is 11.3 Å². The van der Waals surface area contributed by atoms with E-state index in [0.29, 0.717) is 24.6 Å². The smallest absolute Gasteiger partial charge is 0.224 e. The second kappa shape index (κ2) is 6.13. The van der Waals surface area contributed by atoms with Crippen LogP contribution in [0.5, 0.6) is 11.5 Å². The molecule has 0 radical (unpaired) electrons. The van der Waals surface area contributed by atoms with Crippen LogP contribution in [0.15, 0.2) is 18.2 Å². The lowest BCUT2D eigenvalue weighted by molar-refractivity contribution is -0.130. The highest BCUT2D eigenvalue weighted by Crippen LogP contribution is 2.33. The number of carbonyl (C=O) groups excluding carboxylic acids is 1. The minimum Gasteiger partial charge on any atom is -0.504 e. The summed E-state index contributed by atoms with van der Waals surface area (Å²) in [6, 6.07) is 5.07. The fourth-order valence-electron chi connectivity index (χ4n) is 2.23. The molecule has 1 fully saturated rings. The molecule has 3 N–H and O–H groups in total. The highest BCUT2D eigenvalue weighted by Gasteiger charge is 2.30. The molecule has 0 spiro atoms. The van der Waals surface area contributed by atoms with Crippen molar-refractivity contribution in [2.45, 2.75) is 31.8 Å². The maximum atomic E-state index is 12.1. The van der Waals surface area contributed by atoms with Crippen molar-refractivity contribution in [3.05, 3.63) is 23.8 Å². The standard InChI is InChI=1S/C15H22N2O3/c1-17(15(19)8-12(16)11-4-5-11)9-10-3-6-13(18)14(7-10)20-2/h3,6-7,11-12,18H,4-5,8-9,16H2,1-2H3. The monoisotopic (exact) mass is 278 g/mol. The Morgan fingerprint density at radius 3 is 2.85 bits per heavy atom. The van der Waals surface area contributed by atoms with E-state index in [1.54, 1.807) is 30.1 Å². The van der Waals surface area contributed by atoms with Gasteiger partial charge in [-0.2, -0.15) is 0 Å². The molecule has 1 saturated carbocycles. The number of amides is 1. The molecule has 5 nitrogen and oxygen atoms in total. The van der Waals surface area contributed by atoms with Crippen molar-refractivity contribution in [1.29, 1.82) is 0 Å². The average Bonchev–Trinajstić information content (AvgIpc) is 3.25. The van der Waals surface area contributed by atoms with Gasteiger partial charge in [0.05, 0.1) is 7.11 Å². The fraction of sp³-hybridized carbons (Fsp3) is 0.533. The van der Waals surface area contributed by atoms with Gasteiger partial charge in [0.1, 0.15) is 0 Å². The predicted octanol–water partition coefficient (Wildman–Crippen LogP) is 1.49. The van der Waals surface area contributed by atoms with Gasteiger partial charge in [-0.05, 0) is 36.5 Å². The van der Waals surface area contributed by atoms with Crippen molar-refractivity contribution >= 4 is 5.91 Å². The zero-order chi connectivity index (χ0) is 14.7. The first kappa shape index (κ1) is 14.7. The minimum atomic E-state index is -0.0145. The Bertz CT molecular complexity index is 486. The van der Waals surface area contributed by atoms with Gasteiger partial charge in [0, 0.05) is 26.1 Å². The normalized spacial score (nSPS) is 15.8. The van der Waals surface area contributed by atoms with Crippen LogP contribution >= 0.6 is 0 Å². The number of aromatic hydroxyl groups is 1. The van der Waals surface area contributed by atoms with Crippen molar-refractivity contribution in [2.24, 2.45) is 11.7 Å². The zero-order valence-corrected chi connectivity index (χ0v) is 12.0. The first-order chi connectivity index (χ1) is 9.51. The molecule has 20 heavy (non-hydrogen) atoms. The number of rotatable bonds is 6. The lowest BCUT2D eigenvalue weighted by Gasteiger charge is -2.20. The molecule has 1 aromatic rings. The lowest BCUT2D eigenvalue weighted by Crippen LogP contribution is -2.34. The van der Waals surface area contributed by atoms with Crippen LogP contribution in [0, 0.1) is 5.92 Å². The van der Waals surface area contributed by atoms with Crippen molar-refractivity contribution in [1.82, 2.24) is 4.90 Å². The Morgan fingerprint density at radius 1 is 1.55 bits per heavy atom. The molecular weight excluding hydrogens is 256 g/mol. The quantitative estimate of drug-likeness (QED) is 0.826. The van der Waals surface area contributed by atoms with Gasteiger partial charge in [0.15, 0.2) is 11.5 Å². The SMILES string of the molecule is COc1cc(CN(C)C(=O)CC(N)C2CC2)ccc1O. The molecule has 1 aliphatic rings. The van der Waals surface area contributed by atoms with Crippen LogP contribution in [0.4, 0.5) is 0 Å². The Hall–Kier alpha value is -1.75. The Morgan fingerprint density at radius 2 is 2.25 bits per heavy atom. The fourth-order valence-corrected chi connectivity index (χ4v) is 2.23. The van der Waals surface area contributed by atoms with Crippen LogP contribution in [-0.4, -0.2) is 36.1 Å². The highest BCUT2D eigenvalue weighted by molar-refractivity contribution is 5.76. The average molecular weight is 278 g/mol. The zero-order valence-electron chi connectivity index (χ0n) is 12.0. The summed E-state index contributed by atoms with van der Waals surface area (Å²) in [5, 5.41) is 9.54. The van der Waals surface area contributed by atoms with Crippen LogP contribution in [0.1, 0.15) is 24.8 Å². The van der Waals surface area contributed by atoms with Gasteiger partial charge in [0.2, 0.25) is 5.91 Å². The van der Waals surface area contributed by atoms with E-state index in [2.05, 4.69) is 0 Å². The van der Waals surface area contributed by atoms with Crippen LogP contribution < -0.4 is 10.5 Å². The van der Waals surface area contributed by atoms with Gasteiger partial charge in [-0.1, -0.05) is 6.07 Å². The van der Waals surface area contributed by atoms with Crippen molar-refractivity contribution in [3.63, 3.8) is 0 Å². The molecule has 1 aromatic carbocycles. The second-order valence-corrected chi connectivity index (χ2v) is 5.46. The number of nitrogens with zero attached hydrogens (tertiary/aromatic N) is 1. The van der Waals surface area contributed by atoms with Gasteiger partial charge in [-0.25, -0.2) is 0 Å². The van der Waals surface area contributed by atoms with Crippen molar-refractivity contribution in [2.75, 3.05) is 14.2 Å². The molecule has 0 aromatic heterocycles. The maximum Gasteiger partial charge on any atom is 0.224 e. The summed E-state index contributed by atoms with van der Waals surface area (Å²) in [6.45, 7) is 0.479. The second-order valence-electron chi connectivity index (χ2n) is 5.46. The molecule has 1 unspecified atom stereocenters. The molecule has 1 aliphatic carbocycles. The van der Waals surface area contributed by atoms with Gasteiger partial charge < -0.3 is 20.5 Å². The number of methoxy groups -OCH3 is 1. The summed E-state index contributed by atoms with van der Waals surface area (Å²) >= 11 is 0. The number of hydrogen-bond acceptors (Lipinski definition) is 4. The lowest BCUT2D eigenvalue weighted by atomic mass is 10.1.